The minimum absolute atomic E-state index is 0.111. The minimum Gasteiger partial charge on any atom is -0.481 e. The molecule has 0 spiro atoms. The molecule has 0 radical (unpaired) electrons. The summed E-state index contributed by atoms with van der Waals surface area (Å²) < 4.78 is 0. The van der Waals surface area contributed by atoms with Crippen molar-refractivity contribution in [3.8, 4) is 0 Å². The second-order valence-electron chi connectivity index (χ2n) is 6.40. The van der Waals surface area contributed by atoms with Gasteiger partial charge in [0.1, 0.15) is 0 Å². The van der Waals surface area contributed by atoms with Crippen LogP contribution in [0.5, 0.6) is 0 Å². The minimum atomic E-state index is -0.709. The number of hydrogen-bond acceptors (Lipinski definition) is 4. The highest BCUT2D eigenvalue weighted by atomic mass is 32.2. The van der Waals surface area contributed by atoms with Gasteiger partial charge in [-0.05, 0) is 31.8 Å². The molecule has 2 rings (SSSR count). The van der Waals surface area contributed by atoms with Crippen LogP contribution in [0.25, 0.3) is 0 Å². The smallest absolute Gasteiger partial charge is 0.311 e. The second kappa shape index (κ2) is 7.68. The van der Waals surface area contributed by atoms with Gasteiger partial charge >= 0.3 is 5.97 Å². The maximum atomic E-state index is 12.3. The highest BCUT2D eigenvalue weighted by Crippen LogP contribution is 2.48. The zero-order valence-corrected chi connectivity index (χ0v) is 14.5. The van der Waals surface area contributed by atoms with Gasteiger partial charge in [0.05, 0.1) is 11.2 Å². The molecule has 22 heavy (non-hydrogen) atoms. The molecule has 1 aliphatic heterocycles. The molecule has 0 unspecified atom stereocenters. The molecule has 1 heterocycles. The van der Waals surface area contributed by atoms with E-state index in [-0.39, 0.29) is 11.8 Å². The van der Waals surface area contributed by atoms with E-state index in [9.17, 15) is 14.7 Å². The van der Waals surface area contributed by atoms with E-state index in [1.54, 1.807) is 16.7 Å². The Labute approximate surface area is 137 Å². The third-order valence-electron chi connectivity index (χ3n) is 5.32. The summed E-state index contributed by atoms with van der Waals surface area (Å²) in [5.41, 5.74) is -0.651. The largest absolute Gasteiger partial charge is 0.481 e. The summed E-state index contributed by atoms with van der Waals surface area (Å²) in [6.07, 6.45) is 2.66. The van der Waals surface area contributed by atoms with Crippen LogP contribution in [0.15, 0.2) is 0 Å². The van der Waals surface area contributed by atoms with E-state index < -0.39 is 11.4 Å². The lowest BCUT2D eigenvalue weighted by molar-refractivity contribution is -0.149. The molecule has 126 valence electrons. The summed E-state index contributed by atoms with van der Waals surface area (Å²) >= 11 is 1.66. The molecule has 0 aromatic rings. The third-order valence-corrected chi connectivity index (χ3v) is 6.24. The average molecular weight is 328 g/mol. The van der Waals surface area contributed by atoms with Crippen LogP contribution in [0.2, 0.25) is 0 Å². The predicted octanol–water partition coefficient (Wildman–Crippen LogP) is 1.77. The van der Waals surface area contributed by atoms with Gasteiger partial charge in [-0.2, -0.15) is 11.8 Å². The number of fused-ring (bicyclic) bond motifs is 1. The van der Waals surface area contributed by atoms with Crippen LogP contribution in [-0.4, -0.2) is 71.0 Å². The van der Waals surface area contributed by atoms with E-state index in [1.807, 2.05) is 0 Å². The van der Waals surface area contributed by atoms with E-state index in [0.29, 0.717) is 18.8 Å². The molecule has 0 bridgehead atoms. The first-order chi connectivity index (χ1) is 10.5. The molecule has 1 saturated heterocycles. The van der Waals surface area contributed by atoms with E-state index in [2.05, 4.69) is 18.7 Å². The van der Waals surface area contributed by atoms with Crippen molar-refractivity contribution in [1.82, 2.24) is 9.80 Å². The van der Waals surface area contributed by atoms with Crippen molar-refractivity contribution in [1.29, 1.82) is 0 Å². The summed E-state index contributed by atoms with van der Waals surface area (Å²) in [7, 11) is 0. The lowest BCUT2D eigenvalue weighted by Gasteiger charge is -2.23. The zero-order valence-electron chi connectivity index (χ0n) is 13.7. The average Bonchev–Trinajstić information content (AvgIpc) is 3.05. The van der Waals surface area contributed by atoms with E-state index in [1.165, 1.54) is 0 Å². The number of carbonyl (C=O) groups excluding carboxylic acids is 1. The Morgan fingerprint density at radius 3 is 2.68 bits per heavy atom. The summed E-state index contributed by atoms with van der Waals surface area (Å²) in [4.78, 5) is 28.1. The molecule has 0 aromatic heterocycles. The Kier molecular flexibility index (Phi) is 6.15. The van der Waals surface area contributed by atoms with Crippen molar-refractivity contribution < 1.29 is 14.7 Å². The number of likely N-dealkylation sites (tertiary alicyclic amines) is 1. The van der Waals surface area contributed by atoms with Crippen molar-refractivity contribution >= 4 is 23.6 Å². The first-order valence-electron chi connectivity index (χ1n) is 8.34. The van der Waals surface area contributed by atoms with Crippen LogP contribution in [-0.2, 0) is 9.59 Å². The standard InChI is InChI=1S/C16H28N2O3S/c1-3-17(4-2)8-9-22-11-14(19)18-10-13-6-5-7-16(13,12-18)15(20)21/h13H,3-12H2,1-2H3,(H,20,21)/t13-,16+/m0/s1. The van der Waals surface area contributed by atoms with Gasteiger partial charge in [-0.1, -0.05) is 20.3 Å². The summed E-state index contributed by atoms with van der Waals surface area (Å²) in [5.74, 6) is 0.993. The molecule has 0 aromatic carbocycles. The summed E-state index contributed by atoms with van der Waals surface area (Å²) in [5, 5.41) is 9.55. The Balaban J connectivity index is 1.77. The Morgan fingerprint density at radius 2 is 2.09 bits per heavy atom. The third kappa shape index (κ3) is 3.59. The normalized spacial score (nSPS) is 27.4. The van der Waals surface area contributed by atoms with Gasteiger partial charge < -0.3 is 14.9 Å². The predicted molar refractivity (Wildman–Crippen MR) is 89.1 cm³/mol. The van der Waals surface area contributed by atoms with Gasteiger partial charge in [0.15, 0.2) is 0 Å². The van der Waals surface area contributed by atoms with Gasteiger partial charge in [-0.3, -0.25) is 9.59 Å². The molecule has 1 amide bonds. The lowest BCUT2D eigenvalue weighted by atomic mass is 9.81. The molecule has 1 saturated carbocycles. The Morgan fingerprint density at radius 1 is 1.36 bits per heavy atom. The number of amides is 1. The number of rotatable bonds is 8. The Hall–Kier alpha value is -0.750. The van der Waals surface area contributed by atoms with Crippen LogP contribution < -0.4 is 0 Å². The quantitative estimate of drug-likeness (QED) is 0.688. The molecule has 2 fully saturated rings. The number of thioether (sulfide) groups is 1. The van der Waals surface area contributed by atoms with Crippen molar-refractivity contribution in [3.05, 3.63) is 0 Å². The van der Waals surface area contributed by atoms with Crippen LogP contribution in [0.1, 0.15) is 33.1 Å². The van der Waals surface area contributed by atoms with Crippen molar-refractivity contribution in [2.24, 2.45) is 11.3 Å². The number of carboxylic acid groups (broad SMARTS) is 1. The fraction of sp³-hybridized carbons (Fsp3) is 0.875. The molecule has 1 aliphatic carbocycles. The van der Waals surface area contributed by atoms with Gasteiger partial charge in [0.2, 0.25) is 5.91 Å². The van der Waals surface area contributed by atoms with Crippen molar-refractivity contribution in [2.75, 3.05) is 44.2 Å². The van der Waals surface area contributed by atoms with Crippen molar-refractivity contribution in [2.45, 2.75) is 33.1 Å². The van der Waals surface area contributed by atoms with Crippen LogP contribution in [0, 0.1) is 11.3 Å². The fourth-order valence-electron chi connectivity index (χ4n) is 3.81. The monoisotopic (exact) mass is 328 g/mol. The summed E-state index contributed by atoms with van der Waals surface area (Å²) in [6.45, 7) is 8.44. The molecule has 2 aliphatic rings. The molecule has 1 N–H and O–H groups in total. The summed E-state index contributed by atoms with van der Waals surface area (Å²) in [6, 6.07) is 0. The molecular weight excluding hydrogens is 300 g/mol. The van der Waals surface area contributed by atoms with E-state index >= 15 is 0 Å². The van der Waals surface area contributed by atoms with Crippen LogP contribution in [0.4, 0.5) is 0 Å². The van der Waals surface area contributed by atoms with E-state index in [0.717, 1.165) is 44.6 Å². The second-order valence-corrected chi connectivity index (χ2v) is 7.51. The number of hydrogen-bond donors (Lipinski definition) is 1. The highest BCUT2D eigenvalue weighted by molar-refractivity contribution is 7.99. The number of aliphatic carboxylic acids is 1. The highest BCUT2D eigenvalue weighted by Gasteiger charge is 2.55. The number of nitrogens with zero attached hydrogens (tertiary/aromatic N) is 2. The molecule has 5 nitrogen and oxygen atoms in total. The molecule has 6 heteroatoms. The fourth-order valence-corrected chi connectivity index (χ4v) is 4.70. The first-order valence-corrected chi connectivity index (χ1v) is 9.50. The van der Waals surface area contributed by atoms with Gasteiger partial charge in [0.25, 0.3) is 0 Å². The van der Waals surface area contributed by atoms with Crippen LogP contribution >= 0.6 is 11.8 Å². The topological polar surface area (TPSA) is 60.9 Å². The number of carbonyl (C=O) groups is 2. The number of carboxylic acids is 1. The van der Waals surface area contributed by atoms with Crippen LogP contribution in [0.3, 0.4) is 0 Å². The first kappa shape index (κ1) is 17.6. The molecule has 2 atom stereocenters. The van der Waals surface area contributed by atoms with Gasteiger partial charge in [-0.15, -0.1) is 0 Å². The maximum absolute atomic E-state index is 12.3. The lowest BCUT2D eigenvalue weighted by Crippen LogP contribution is -2.37. The van der Waals surface area contributed by atoms with Gasteiger partial charge in [0, 0.05) is 25.4 Å². The zero-order chi connectivity index (χ0) is 16.2. The molecular formula is C16H28N2O3S. The Bertz CT molecular complexity index is 414. The van der Waals surface area contributed by atoms with Crippen molar-refractivity contribution in [3.63, 3.8) is 0 Å². The maximum Gasteiger partial charge on any atom is 0.311 e. The van der Waals surface area contributed by atoms with Gasteiger partial charge in [-0.25, -0.2) is 0 Å². The SMILES string of the molecule is CCN(CC)CCSCC(=O)N1C[C@@H]2CCC[C@@]2(C(=O)O)C1. The van der Waals surface area contributed by atoms with E-state index in [4.69, 9.17) is 0 Å².